The van der Waals surface area contributed by atoms with Crippen LogP contribution in [0.4, 0.5) is 0 Å². The van der Waals surface area contributed by atoms with Crippen LogP contribution in [-0.2, 0) is 9.59 Å². The van der Waals surface area contributed by atoms with Crippen molar-refractivity contribution in [2.75, 3.05) is 32.7 Å². The van der Waals surface area contributed by atoms with Gasteiger partial charge in [0.2, 0.25) is 5.91 Å². The molecule has 202 valence electrons. The van der Waals surface area contributed by atoms with Crippen LogP contribution in [0.15, 0.2) is 34.9 Å². The summed E-state index contributed by atoms with van der Waals surface area (Å²) in [5.74, 6) is 0.0982. The maximum atomic E-state index is 12.6. The first kappa shape index (κ1) is 33.1. The van der Waals surface area contributed by atoms with Gasteiger partial charge in [-0.25, -0.2) is 0 Å². The monoisotopic (exact) mass is 491 g/mol. The Balaban J connectivity index is 0.000000883. The number of hydrogen-bond donors (Lipinski definition) is 2. The average molecular weight is 492 g/mol. The van der Waals surface area contributed by atoms with E-state index in [0.717, 1.165) is 76.2 Å². The van der Waals surface area contributed by atoms with E-state index < -0.39 is 12.0 Å². The third kappa shape index (κ3) is 13.7. The molecule has 1 aliphatic rings. The summed E-state index contributed by atoms with van der Waals surface area (Å²) in [6, 6.07) is -0.436. The van der Waals surface area contributed by atoms with Gasteiger partial charge in [-0.1, -0.05) is 52.8 Å². The van der Waals surface area contributed by atoms with E-state index in [-0.39, 0.29) is 12.5 Å². The fraction of sp³-hybridized carbons (Fsp3) is 0.724. The van der Waals surface area contributed by atoms with Crippen LogP contribution in [-0.4, -0.2) is 65.5 Å². The summed E-state index contributed by atoms with van der Waals surface area (Å²) in [6.07, 6.45) is 13.4. The molecule has 1 aliphatic heterocycles. The lowest BCUT2D eigenvalue weighted by molar-refractivity contribution is -0.138. The van der Waals surface area contributed by atoms with Crippen LogP contribution in [0.5, 0.6) is 0 Å². The molecule has 1 heterocycles. The number of likely N-dealkylation sites (tertiary alicyclic amines) is 1. The molecule has 0 radical (unpaired) electrons. The molecular formula is C29H53N3O3. The van der Waals surface area contributed by atoms with Gasteiger partial charge in [0, 0.05) is 13.1 Å². The maximum Gasteiger partial charge on any atom is 0.317 e. The summed E-state index contributed by atoms with van der Waals surface area (Å²) in [4.78, 5) is 26.8. The van der Waals surface area contributed by atoms with E-state index in [0.29, 0.717) is 6.42 Å². The largest absolute Gasteiger partial charge is 0.480 e. The number of carbonyl (C=O) groups excluding carboxylic acids is 1. The van der Waals surface area contributed by atoms with E-state index >= 15 is 0 Å². The molecule has 0 aliphatic carbocycles. The molecule has 0 aromatic rings. The molecule has 3 N–H and O–H groups in total. The van der Waals surface area contributed by atoms with Gasteiger partial charge < -0.3 is 15.7 Å². The summed E-state index contributed by atoms with van der Waals surface area (Å²) < 4.78 is 0. The van der Waals surface area contributed by atoms with Crippen molar-refractivity contribution in [3.05, 3.63) is 34.9 Å². The van der Waals surface area contributed by atoms with Gasteiger partial charge in [0.25, 0.3) is 0 Å². The first-order valence-corrected chi connectivity index (χ1v) is 13.7. The zero-order chi connectivity index (χ0) is 26.8. The van der Waals surface area contributed by atoms with Gasteiger partial charge in [0.1, 0.15) is 0 Å². The Morgan fingerprint density at radius 1 is 1.00 bits per heavy atom. The number of hydrogen-bond acceptors (Lipinski definition) is 4. The van der Waals surface area contributed by atoms with Crippen LogP contribution >= 0.6 is 0 Å². The van der Waals surface area contributed by atoms with E-state index in [1.54, 1.807) is 0 Å². The van der Waals surface area contributed by atoms with Crippen molar-refractivity contribution < 1.29 is 14.7 Å². The van der Waals surface area contributed by atoms with Gasteiger partial charge in [0.05, 0.1) is 12.6 Å². The minimum absolute atomic E-state index is 0.106. The Bertz CT molecular complexity index is 698. The molecule has 1 fully saturated rings. The molecule has 0 aromatic heterocycles. The number of nitrogens with two attached hydrogens (primary N) is 1. The van der Waals surface area contributed by atoms with Crippen LogP contribution in [0.2, 0.25) is 0 Å². The molecule has 1 atom stereocenters. The molecule has 0 bridgehead atoms. The molecule has 0 saturated carbocycles. The number of carboxylic acid groups (broad SMARTS) is 1. The third-order valence-corrected chi connectivity index (χ3v) is 6.56. The smallest absolute Gasteiger partial charge is 0.317 e. The van der Waals surface area contributed by atoms with E-state index in [2.05, 4.69) is 59.8 Å². The Labute approximate surface area is 215 Å². The number of aliphatic carboxylic acids is 1. The van der Waals surface area contributed by atoms with Crippen LogP contribution in [0.25, 0.3) is 0 Å². The van der Waals surface area contributed by atoms with Crippen LogP contribution in [0.3, 0.4) is 0 Å². The number of piperidine rings is 1. The Kier molecular flexibility index (Phi) is 18.2. The summed E-state index contributed by atoms with van der Waals surface area (Å²) in [7, 11) is 0. The molecule has 35 heavy (non-hydrogen) atoms. The second-order valence-electron chi connectivity index (χ2n) is 9.54. The number of rotatable bonds is 13. The number of nitrogens with zero attached hydrogens (tertiary/aromatic N) is 2. The third-order valence-electron chi connectivity index (χ3n) is 6.56. The number of carbonyl (C=O) groups is 2. The van der Waals surface area contributed by atoms with Gasteiger partial charge in [0.15, 0.2) is 0 Å². The Hall–Kier alpha value is -1.92. The molecule has 1 saturated heterocycles. The SMILES string of the molecule is CCCN(CCC)CC(=O)O.C\C=C(/C=C(CC)\C(=C/C)CC)C[C@@H](N)C(=O)N1CCC(C)CC1. The highest BCUT2D eigenvalue weighted by atomic mass is 16.4. The van der Waals surface area contributed by atoms with Crippen molar-refractivity contribution in [1.29, 1.82) is 0 Å². The first-order chi connectivity index (χ1) is 16.7. The number of allylic oxidation sites excluding steroid dienone is 5. The van der Waals surface area contributed by atoms with Crippen LogP contribution in [0.1, 0.15) is 93.4 Å². The molecule has 0 aromatic carbocycles. The summed E-state index contributed by atoms with van der Waals surface area (Å²) in [6.45, 7) is 18.5. The summed E-state index contributed by atoms with van der Waals surface area (Å²) >= 11 is 0. The number of carboxylic acids is 1. The first-order valence-electron chi connectivity index (χ1n) is 13.7. The van der Waals surface area contributed by atoms with Crippen molar-refractivity contribution in [3.8, 4) is 0 Å². The zero-order valence-electron chi connectivity index (χ0n) is 23.6. The molecule has 6 heteroatoms. The Morgan fingerprint density at radius 3 is 1.94 bits per heavy atom. The standard InChI is InChI=1S/C21H36N2O.C8H17NO2/c1-6-17(14-19(9-4)18(7-2)8-3)15-20(22)21(24)23-12-10-16(5)11-13-23;1-3-5-9(6-4-2)7-8(10)11/h6-7,14,16,20H,8-13,15,22H2,1-5H3;3-7H2,1-2H3,(H,10,11)/b17-6+,18-7-,19-14-;/t20-;/m1./s1. The molecule has 0 spiro atoms. The second kappa shape index (κ2) is 19.3. The average Bonchev–Trinajstić information content (AvgIpc) is 2.83. The van der Waals surface area contributed by atoms with Crippen molar-refractivity contribution in [3.63, 3.8) is 0 Å². The van der Waals surface area contributed by atoms with Gasteiger partial charge in [-0.15, -0.1) is 0 Å². The van der Waals surface area contributed by atoms with Crippen molar-refractivity contribution in [1.82, 2.24) is 9.80 Å². The topological polar surface area (TPSA) is 86.9 Å². The van der Waals surface area contributed by atoms with E-state index in [4.69, 9.17) is 10.8 Å². The molecular weight excluding hydrogens is 438 g/mol. The molecule has 1 amide bonds. The van der Waals surface area contributed by atoms with Crippen LogP contribution in [0, 0.1) is 5.92 Å². The fourth-order valence-corrected chi connectivity index (χ4v) is 4.42. The van der Waals surface area contributed by atoms with E-state index in [1.165, 1.54) is 11.1 Å². The highest BCUT2D eigenvalue weighted by molar-refractivity contribution is 5.82. The Morgan fingerprint density at radius 2 is 1.54 bits per heavy atom. The lowest BCUT2D eigenvalue weighted by Crippen LogP contribution is -2.47. The number of amides is 1. The van der Waals surface area contributed by atoms with E-state index in [1.807, 2.05) is 16.7 Å². The van der Waals surface area contributed by atoms with Gasteiger partial charge in [-0.3, -0.25) is 14.5 Å². The van der Waals surface area contributed by atoms with Gasteiger partial charge in [-0.05, 0) is 94.5 Å². The van der Waals surface area contributed by atoms with Crippen molar-refractivity contribution in [2.24, 2.45) is 11.7 Å². The highest BCUT2D eigenvalue weighted by Gasteiger charge is 2.25. The lowest BCUT2D eigenvalue weighted by Gasteiger charge is -2.32. The van der Waals surface area contributed by atoms with Crippen molar-refractivity contribution >= 4 is 11.9 Å². The van der Waals surface area contributed by atoms with Crippen molar-refractivity contribution in [2.45, 2.75) is 99.5 Å². The molecule has 6 nitrogen and oxygen atoms in total. The molecule has 0 unspecified atom stereocenters. The normalized spacial score (nSPS) is 16.7. The minimum atomic E-state index is -0.730. The zero-order valence-corrected chi connectivity index (χ0v) is 23.6. The minimum Gasteiger partial charge on any atom is -0.480 e. The highest BCUT2D eigenvalue weighted by Crippen LogP contribution is 2.22. The predicted octanol–water partition coefficient (Wildman–Crippen LogP) is 5.79. The van der Waals surface area contributed by atoms with Gasteiger partial charge in [-0.2, -0.15) is 0 Å². The maximum absolute atomic E-state index is 12.6. The quantitative estimate of drug-likeness (QED) is 0.318. The van der Waals surface area contributed by atoms with E-state index in [9.17, 15) is 9.59 Å². The second-order valence-corrected chi connectivity index (χ2v) is 9.54. The summed E-state index contributed by atoms with van der Waals surface area (Å²) in [5, 5.41) is 8.50. The lowest BCUT2D eigenvalue weighted by atomic mass is 9.95. The predicted molar refractivity (Wildman–Crippen MR) is 148 cm³/mol. The van der Waals surface area contributed by atoms with Gasteiger partial charge >= 0.3 is 5.97 Å². The molecule has 1 rings (SSSR count). The van der Waals surface area contributed by atoms with Crippen LogP contribution < -0.4 is 5.73 Å². The fourth-order valence-electron chi connectivity index (χ4n) is 4.42. The summed E-state index contributed by atoms with van der Waals surface area (Å²) in [5.41, 5.74) is 10.1.